The van der Waals surface area contributed by atoms with Crippen LogP contribution in [0.4, 0.5) is 9.59 Å². The highest BCUT2D eigenvalue weighted by molar-refractivity contribution is 5.89. The van der Waals surface area contributed by atoms with Crippen LogP contribution < -0.4 is 67.0 Å². The van der Waals surface area contributed by atoms with Crippen molar-refractivity contribution in [1.29, 1.82) is 0 Å². The Balaban J connectivity index is 0.000000133. The van der Waals surface area contributed by atoms with Crippen molar-refractivity contribution in [2.45, 2.75) is 64.6 Å². The molecule has 0 bridgehead atoms. The summed E-state index contributed by atoms with van der Waals surface area (Å²) < 4.78 is 21.7. The van der Waals surface area contributed by atoms with Crippen molar-refractivity contribution in [1.82, 2.24) is 4.90 Å². The normalized spacial score (nSPS) is 12.1. The summed E-state index contributed by atoms with van der Waals surface area (Å²) in [5.41, 5.74) is 8.12. The van der Waals surface area contributed by atoms with Gasteiger partial charge in [-0.25, -0.2) is 19.3 Å². The van der Waals surface area contributed by atoms with E-state index < -0.39 is 11.8 Å². The lowest BCUT2D eigenvalue weighted by Gasteiger charge is -2.23. The fourth-order valence-corrected chi connectivity index (χ4v) is 12.2. The van der Waals surface area contributed by atoms with E-state index in [9.17, 15) is 14.4 Å². The first kappa shape index (κ1) is 81.7. The van der Waals surface area contributed by atoms with Crippen molar-refractivity contribution < 1.29 is 90.8 Å². The Bertz CT molecular complexity index is 5550. The Labute approximate surface area is 669 Å². The lowest BCUT2D eigenvalue weighted by Crippen LogP contribution is -2.53. The van der Waals surface area contributed by atoms with Crippen LogP contribution in [0.3, 0.4) is 0 Å². The molecule has 0 N–H and O–H groups in total. The number of fused-ring (bicyclic) bond motifs is 6. The molecule has 2 aliphatic rings. The molecule has 8 heterocycles. The number of rotatable bonds is 14. The SMILES string of the molecule is C=CCO[n+]1cccc2ccccc21.C=CO[n+]1cccc2ccccc21.C=CO[n+]1cccc2ccccc21.CC(C)(C)OC(=O)O[n+]1cccc2ccccc21.O=C(O[n+]1ccc(-c2ccccc2)cc1)c1ccccc1.O=C(O[n+]1cccc2ccccc21)N1CCOCC1.c1ccc2c(c1)ccc[n+]2OC1CCCCC1. The molecule has 2 fully saturated rings. The molecule has 1 aliphatic heterocycles. The lowest BCUT2D eigenvalue weighted by atomic mass is 9.98. The summed E-state index contributed by atoms with van der Waals surface area (Å²) in [6.45, 7) is 18.8. The predicted molar refractivity (Wildman–Crippen MR) is 440 cm³/mol. The predicted octanol–water partition coefficient (Wildman–Crippen LogP) is 14.4. The molecule has 115 heavy (non-hydrogen) atoms. The van der Waals surface area contributed by atoms with Crippen LogP contribution >= 0.6 is 0 Å². The van der Waals surface area contributed by atoms with Gasteiger partial charge in [0.2, 0.25) is 49.6 Å². The van der Waals surface area contributed by atoms with Crippen LogP contribution in [0.5, 0.6) is 0 Å². The highest BCUT2D eigenvalue weighted by atomic mass is 16.8. The third kappa shape index (κ3) is 24.6. The van der Waals surface area contributed by atoms with Crippen LogP contribution in [0.2, 0.25) is 0 Å². The van der Waals surface area contributed by atoms with Crippen LogP contribution in [0.1, 0.15) is 63.2 Å². The van der Waals surface area contributed by atoms with Crippen LogP contribution in [-0.4, -0.2) is 67.7 Å². The number of amides is 1. The zero-order valence-corrected chi connectivity index (χ0v) is 64.8. The van der Waals surface area contributed by atoms with Gasteiger partial charge in [0.05, 0.1) is 51.1 Å². The van der Waals surface area contributed by atoms with Gasteiger partial charge in [-0.1, -0.05) is 147 Å². The monoisotopic (exact) mass is 1540 g/mol. The highest BCUT2D eigenvalue weighted by Crippen LogP contribution is 2.20. The van der Waals surface area contributed by atoms with E-state index in [1.165, 1.54) is 69.6 Å². The minimum Gasteiger partial charge on any atom is -0.425 e. The summed E-state index contributed by atoms with van der Waals surface area (Å²) >= 11 is 0. The summed E-state index contributed by atoms with van der Waals surface area (Å²) in [6.07, 6.45) is 24.7. The number of nitrogens with zero attached hydrogens (tertiary/aromatic N) is 8. The van der Waals surface area contributed by atoms with Crippen LogP contribution in [0.15, 0.2) is 379 Å². The summed E-state index contributed by atoms with van der Waals surface area (Å²) in [5, 5.41) is 6.70. The zero-order chi connectivity index (χ0) is 80.2. The molecule has 7 aromatic heterocycles. The van der Waals surface area contributed by atoms with Crippen molar-refractivity contribution in [3.63, 3.8) is 0 Å². The first-order valence-electron chi connectivity index (χ1n) is 38.0. The van der Waals surface area contributed by atoms with Gasteiger partial charge < -0.3 is 9.47 Å². The fraction of sp³-hybridized carbons (Fsp3) is 0.158. The summed E-state index contributed by atoms with van der Waals surface area (Å²) in [6, 6.07) is 94.4. The fourth-order valence-electron chi connectivity index (χ4n) is 12.2. The number of carbonyl (C=O) groups is 3. The average molecular weight is 1540 g/mol. The quantitative estimate of drug-likeness (QED) is 0.0438. The Morgan fingerprint density at radius 3 is 1.19 bits per heavy atom. The number of ether oxygens (including phenoxy) is 2. The van der Waals surface area contributed by atoms with Gasteiger partial charge in [0.25, 0.3) is 33.1 Å². The average Bonchev–Trinajstić information content (AvgIpc) is 0.768. The second kappa shape index (κ2) is 42.8. The Hall–Kier alpha value is -14.2. The molecule has 15 aromatic rings. The minimum atomic E-state index is -0.719. The Morgan fingerprint density at radius 2 is 0.757 bits per heavy atom. The molecule has 0 atom stereocenters. The molecule has 0 unspecified atom stereocenters. The van der Waals surface area contributed by atoms with Gasteiger partial charge in [0.1, 0.15) is 5.60 Å². The third-order valence-electron chi connectivity index (χ3n) is 17.7. The number of hydrogen-bond donors (Lipinski definition) is 0. The van der Waals surface area contributed by atoms with E-state index in [2.05, 4.69) is 62.2 Å². The molecule has 17 rings (SSSR count). The Kier molecular flexibility index (Phi) is 30.4. The molecule has 0 radical (unpaired) electrons. The van der Waals surface area contributed by atoms with Crippen molar-refractivity contribution in [3.05, 3.63) is 385 Å². The van der Waals surface area contributed by atoms with E-state index in [0.29, 0.717) is 44.6 Å². The molecule has 0 spiro atoms. The van der Waals surface area contributed by atoms with E-state index in [4.69, 9.17) is 43.3 Å². The standard InChI is InChI=1S/C18H14NO2.C15H18NO.C14H15N2O3.C14H16NO3.C12H12NO.2C11H10NO/c20-18(17-9-5-2-6-10-17)21-19-13-11-16(12-14-19)15-7-3-1-4-8-15;1-2-9-14(10-3-1)17-16-12-6-8-13-7-4-5-11-15(13)16;17-14(15-8-10-18-11-9-15)19-16-7-3-5-12-4-1-2-6-13(12)16;1-14(2,3)17-13(16)18-15-10-6-8-11-7-4-5-9-12(11)15;1-2-10-14-13-9-5-7-11-6-3-4-8-12(11)13;2*1-2-13-12-9-5-7-10-6-3-4-8-11(10)12/h1-14H;4-8,11-12,14H,1-3,9-10H2;1-7H,8-11H2;4-10H,1-3H3;2-9H,1,10H2;2*2-9H,1H2/q7*+1. The maximum atomic E-state index is 12.0. The second-order valence-corrected chi connectivity index (χ2v) is 26.9. The molecule has 1 aliphatic carbocycles. The molecule has 20 heteroatoms. The van der Waals surface area contributed by atoms with Gasteiger partial charge in [-0.3, -0.25) is 14.6 Å². The second-order valence-electron chi connectivity index (χ2n) is 26.9. The summed E-state index contributed by atoms with van der Waals surface area (Å²) in [5.74, 6) is -0.381. The summed E-state index contributed by atoms with van der Waals surface area (Å²) in [7, 11) is 0. The van der Waals surface area contributed by atoms with Gasteiger partial charge in [0.15, 0.2) is 25.2 Å². The lowest BCUT2D eigenvalue weighted by molar-refractivity contribution is -0.879. The largest absolute Gasteiger partial charge is 0.572 e. The first-order valence-corrected chi connectivity index (χ1v) is 38.0. The Morgan fingerprint density at radius 1 is 0.400 bits per heavy atom. The molecule has 1 saturated heterocycles. The topological polar surface area (TPSA) is 165 Å². The van der Waals surface area contributed by atoms with E-state index in [1.54, 1.807) is 95.0 Å². The number of benzene rings is 8. The smallest absolute Gasteiger partial charge is 0.425 e. The number of hydrogen-bond acceptors (Lipinski definition) is 12. The minimum absolute atomic E-state index is 0.343. The van der Waals surface area contributed by atoms with Crippen molar-refractivity contribution in [3.8, 4) is 11.1 Å². The van der Waals surface area contributed by atoms with Gasteiger partial charge in [0, 0.05) is 131 Å². The number of morpholine rings is 1. The van der Waals surface area contributed by atoms with Gasteiger partial charge in [-0.05, 0) is 149 Å². The maximum absolute atomic E-state index is 12.0. The number of carbonyl (C=O) groups excluding carboxylic acids is 3. The number of aromatic nitrogens is 7. The molecule has 580 valence electrons. The molecule has 8 aromatic carbocycles. The van der Waals surface area contributed by atoms with Crippen molar-refractivity contribution >= 4 is 83.6 Å². The van der Waals surface area contributed by atoms with Crippen molar-refractivity contribution in [2.75, 3.05) is 32.9 Å². The zero-order valence-electron chi connectivity index (χ0n) is 64.8. The molecule has 1 saturated carbocycles. The van der Waals surface area contributed by atoms with Crippen LogP contribution in [0.25, 0.3) is 76.5 Å². The van der Waals surface area contributed by atoms with E-state index in [-0.39, 0.29) is 12.1 Å². The molecular weight excluding hydrogens is 1450 g/mol. The van der Waals surface area contributed by atoms with E-state index in [1.807, 2.05) is 254 Å². The summed E-state index contributed by atoms with van der Waals surface area (Å²) in [4.78, 5) is 75.0. The molecule has 1 amide bonds. The maximum Gasteiger partial charge on any atom is 0.572 e. The van der Waals surface area contributed by atoms with Gasteiger partial charge >= 0.3 is 18.2 Å². The van der Waals surface area contributed by atoms with E-state index in [0.717, 1.165) is 65.8 Å². The van der Waals surface area contributed by atoms with Gasteiger partial charge in [-0.15, -0.1) is 4.84 Å². The van der Waals surface area contributed by atoms with Crippen LogP contribution in [0, 0.1) is 0 Å². The van der Waals surface area contributed by atoms with Crippen LogP contribution in [-0.2, 0) is 9.47 Å². The number of pyridine rings is 7. The highest BCUT2D eigenvalue weighted by Gasteiger charge is 2.26. The molecule has 20 nitrogen and oxygen atoms in total. The van der Waals surface area contributed by atoms with E-state index >= 15 is 0 Å². The first-order chi connectivity index (χ1) is 56.3. The van der Waals surface area contributed by atoms with Gasteiger partial charge in [-0.2, -0.15) is 14.5 Å². The molecular formula is C95H95N8O12+7. The third-order valence-corrected chi connectivity index (χ3v) is 17.7. The number of para-hydroxylation sites is 6. The van der Waals surface area contributed by atoms with Crippen molar-refractivity contribution in [2.24, 2.45) is 0 Å².